The third kappa shape index (κ3) is 3.79. The highest BCUT2D eigenvalue weighted by atomic mass is 16.6. The first-order chi connectivity index (χ1) is 9.29. The van der Waals surface area contributed by atoms with Crippen LogP contribution in [0.2, 0.25) is 0 Å². The van der Waals surface area contributed by atoms with Gasteiger partial charge in [-0.2, -0.15) is 0 Å². The molecule has 0 aliphatic carbocycles. The molecule has 2 aromatic carbocycles. The minimum atomic E-state index is -0.346. The molecule has 0 aliphatic heterocycles. The van der Waals surface area contributed by atoms with Crippen LogP contribution in [0, 0.1) is 0 Å². The zero-order chi connectivity index (χ0) is 13.5. The second kappa shape index (κ2) is 6.52. The Morgan fingerprint density at radius 2 is 1.74 bits per heavy atom. The van der Waals surface area contributed by atoms with Crippen LogP contribution in [-0.2, 0) is 0 Å². The fourth-order valence-corrected chi connectivity index (χ4v) is 1.62. The lowest BCUT2D eigenvalue weighted by atomic mass is 10.1. The van der Waals surface area contributed by atoms with Crippen LogP contribution in [0.15, 0.2) is 60.7 Å². The first-order valence-electron chi connectivity index (χ1n) is 5.91. The topological polar surface area (TPSA) is 46.5 Å². The van der Waals surface area contributed by atoms with Crippen LogP contribution in [0.1, 0.15) is 15.9 Å². The summed E-state index contributed by atoms with van der Waals surface area (Å²) in [5.41, 5.74) is 1.56. The van der Waals surface area contributed by atoms with Crippen molar-refractivity contribution in [1.29, 1.82) is 0 Å². The molecule has 0 aliphatic rings. The largest absolute Gasteiger partial charge is 0.468 e. The monoisotopic (exact) mass is 254 g/mol. The predicted octanol–water partition coefficient (Wildman–Crippen LogP) is 2.91. The Morgan fingerprint density at radius 1 is 1.05 bits per heavy atom. The van der Waals surface area contributed by atoms with E-state index in [1.807, 2.05) is 30.3 Å². The van der Waals surface area contributed by atoms with Crippen LogP contribution in [-0.4, -0.2) is 17.7 Å². The zero-order valence-corrected chi connectivity index (χ0v) is 10.3. The van der Waals surface area contributed by atoms with E-state index in [1.165, 1.54) is 6.08 Å². The lowest BCUT2D eigenvalue weighted by Gasteiger charge is -2.01. The maximum absolute atomic E-state index is 11.8. The summed E-state index contributed by atoms with van der Waals surface area (Å²) in [7, 11) is 0. The van der Waals surface area contributed by atoms with Crippen LogP contribution in [0.3, 0.4) is 0 Å². The average molecular weight is 254 g/mol. The number of aliphatic hydroxyl groups is 1. The highest BCUT2D eigenvalue weighted by Gasteiger charge is 1.99. The Labute approximate surface area is 111 Å². The fourth-order valence-electron chi connectivity index (χ4n) is 1.62. The van der Waals surface area contributed by atoms with Crippen molar-refractivity contribution in [3.05, 3.63) is 71.8 Å². The van der Waals surface area contributed by atoms with E-state index < -0.39 is 0 Å². The first-order valence-corrected chi connectivity index (χ1v) is 5.91. The summed E-state index contributed by atoms with van der Waals surface area (Å²) < 4.78 is 4.92. The van der Waals surface area contributed by atoms with Crippen LogP contribution < -0.4 is 4.74 Å². The molecule has 0 atom stereocenters. The Hall–Kier alpha value is -2.39. The smallest absolute Gasteiger partial charge is 0.186 e. The number of rotatable bonds is 5. The van der Waals surface area contributed by atoms with Crippen LogP contribution in [0.25, 0.3) is 6.08 Å². The van der Waals surface area contributed by atoms with E-state index in [1.54, 1.807) is 30.3 Å². The van der Waals surface area contributed by atoms with Crippen molar-refractivity contribution in [3.8, 4) is 5.75 Å². The van der Waals surface area contributed by atoms with Crippen molar-refractivity contribution < 1.29 is 14.6 Å². The maximum Gasteiger partial charge on any atom is 0.186 e. The van der Waals surface area contributed by atoms with Crippen LogP contribution >= 0.6 is 0 Å². The molecule has 19 heavy (non-hydrogen) atoms. The number of aliphatic hydroxyl groups excluding tert-OH is 1. The van der Waals surface area contributed by atoms with E-state index in [0.717, 1.165) is 5.56 Å². The van der Waals surface area contributed by atoms with Crippen molar-refractivity contribution >= 4 is 11.9 Å². The van der Waals surface area contributed by atoms with Crippen molar-refractivity contribution in [2.75, 3.05) is 6.79 Å². The quantitative estimate of drug-likeness (QED) is 0.507. The molecule has 0 fully saturated rings. The minimum absolute atomic E-state index is 0.0312. The summed E-state index contributed by atoms with van der Waals surface area (Å²) in [4.78, 5) is 11.8. The number of benzene rings is 2. The number of hydrogen-bond donors (Lipinski definition) is 1. The van der Waals surface area contributed by atoms with Crippen molar-refractivity contribution in [2.24, 2.45) is 0 Å². The number of hydrogen-bond acceptors (Lipinski definition) is 3. The van der Waals surface area contributed by atoms with Gasteiger partial charge in [0.05, 0.1) is 0 Å². The van der Waals surface area contributed by atoms with Crippen molar-refractivity contribution in [3.63, 3.8) is 0 Å². The molecule has 0 saturated carbocycles. The van der Waals surface area contributed by atoms with Gasteiger partial charge < -0.3 is 9.84 Å². The molecule has 96 valence electrons. The van der Waals surface area contributed by atoms with E-state index in [9.17, 15) is 4.79 Å². The Kier molecular flexibility index (Phi) is 4.48. The first kappa shape index (κ1) is 13.1. The second-order valence-corrected chi connectivity index (χ2v) is 3.91. The van der Waals surface area contributed by atoms with E-state index in [2.05, 4.69) is 0 Å². The molecule has 0 amide bonds. The molecule has 0 bridgehead atoms. The molecule has 2 aromatic rings. The predicted molar refractivity (Wildman–Crippen MR) is 74.0 cm³/mol. The van der Waals surface area contributed by atoms with E-state index in [-0.39, 0.29) is 12.6 Å². The van der Waals surface area contributed by atoms with E-state index in [0.29, 0.717) is 11.3 Å². The molecule has 0 spiro atoms. The fraction of sp³-hybridized carbons (Fsp3) is 0.0625. The summed E-state index contributed by atoms with van der Waals surface area (Å²) >= 11 is 0. The number of carbonyl (C=O) groups is 1. The second-order valence-electron chi connectivity index (χ2n) is 3.91. The highest BCUT2D eigenvalue weighted by Crippen LogP contribution is 2.13. The SMILES string of the molecule is O=C(/C=C/c1ccc(OCO)cc1)c1ccccc1. The summed E-state index contributed by atoms with van der Waals surface area (Å²) in [6, 6.07) is 16.2. The summed E-state index contributed by atoms with van der Waals surface area (Å²) in [5.74, 6) is 0.560. The van der Waals surface area contributed by atoms with Gasteiger partial charge in [0.25, 0.3) is 0 Å². The summed E-state index contributed by atoms with van der Waals surface area (Å²) in [6.07, 6.45) is 3.29. The summed E-state index contributed by atoms with van der Waals surface area (Å²) in [6.45, 7) is -0.346. The number of ether oxygens (including phenoxy) is 1. The van der Waals surface area contributed by atoms with Gasteiger partial charge in [-0.15, -0.1) is 0 Å². The third-order valence-corrected chi connectivity index (χ3v) is 2.60. The zero-order valence-electron chi connectivity index (χ0n) is 10.3. The normalized spacial score (nSPS) is 10.6. The van der Waals surface area contributed by atoms with Gasteiger partial charge in [-0.05, 0) is 23.8 Å². The maximum atomic E-state index is 11.8. The van der Waals surface area contributed by atoms with Gasteiger partial charge in [-0.3, -0.25) is 4.79 Å². The molecule has 1 N–H and O–H groups in total. The molecular formula is C16H14O3. The van der Waals surface area contributed by atoms with Gasteiger partial charge in [-0.25, -0.2) is 0 Å². The van der Waals surface area contributed by atoms with E-state index >= 15 is 0 Å². The van der Waals surface area contributed by atoms with Gasteiger partial charge in [0.2, 0.25) is 0 Å². The van der Waals surface area contributed by atoms with Gasteiger partial charge >= 0.3 is 0 Å². The average Bonchev–Trinajstić information content (AvgIpc) is 2.47. The Bertz CT molecular complexity index is 556. The molecule has 0 unspecified atom stereocenters. The molecule has 3 nitrogen and oxygen atoms in total. The van der Waals surface area contributed by atoms with Crippen molar-refractivity contribution in [1.82, 2.24) is 0 Å². The number of ketones is 1. The Balaban J connectivity index is 2.04. The molecule has 0 radical (unpaired) electrons. The lowest BCUT2D eigenvalue weighted by molar-refractivity contribution is 0.0985. The van der Waals surface area contributed by atoms with E-state index in [4.69, 9.17) is 9.84 Å². The highest BCUT2D eigenvalue weighted by molar-refractivity contribution is 6.06. The summed E-state index contributed by atoms with van der Waals surface area (Å²) in [5, 5.41) is 8.61. The van der Waals surface area contributed by atoms with Gasteiger partial charge in [-0.1, -0.05) is 48.5 Å². The molecule has 0 aromatic heterocycles. The van der Waals surface area contributed by atoms with Gasteiger partial charge in [0.15, 0.2) is 12.6 Å². The van der Waals surface area contributed by atoms with Crippen LogP contribution in [0.4, 0.5) is 0 Å². The minimum Gasteiger partial charge on any atom is -0.468 e. The molecule has 0 saturated heterocycles. The molecule has 0 heterocycles. The molecule has 3 heteroatoms. The third-order valence-electron chi connectivity index (χ3n) is 2.60. The number of allylic oxidation sites excluding steroid dienone is 1. The van der Waals surface area contributed by atoms with Crippen LogP contribution in [0.5, 0.6) is 5.75 Å². The number of carbonyl (C=O) groups excluding carboxylic acids is 1. The van der Waals surface area contributed by atoms with Crippen molar-refractivity contribution in [2.45, 2.75) is 0 Å². The van der Waals surface area contributed by atoms with Gasteiger partial charge in [0.1, 0.15) is 5.75 Å². The Morgan fingerprint density at radius 3 is 2.37 bits per heavy atom. The molecular weight excluding hydrogens is 240 g/mol. The van der Waals surface area contributed by atoms with Gasteiger partial charge in [0, 0.05) is 5.56 Å². The standard InChI is InChI=1S/C16H14O3/c17-12-19-15-9-6-13(7-10-15)8-11-16(18)14-4-2-1-3-5-14/h1-11,17H,12H2/b11-8+. The molecule has 2 rings (SSSR count). The lowest BCUT2D eigenvalue weighted by Crippen LogP contribution is -1.94.